The van der Waals surface area contributed by atoms with Gasteiger partial charge in [-0.1, -0.05) is 11.6 Å². The quantitative estimate of drug-likeness (QED) is 0.687. The highest BCUT2D eigenvalue weighted by Crippen LogP contribution is 2.20. The number of rotatable bonds is 3. The number of carbonyl (C=O) groups is 1. The molecule has 0 bridgehead atoms. The summed E-state index contributed by atoms with van der Waals surface area (Å²) < 4.78 is 5.10. The molecular formula is C11H9ClN2O2S. The van der Waals surface area contributed by atoms with E-state index in [0.717, 1.165) is 4.88 Å². The summed E-state index contributed by atoms with van der Waals surface area (Å²) in [6.45, 7) is 0.214. The van der Waals surface area contributed by atoms with Gasteiger partial charge in [-0.25, -0.2) is 4.79 Å². The van der Waals surface area contributed by atoms with Crippen molar-refractivity contribution in [3.8, 4) is 0 Å². The van der Waals surface area contributed by atoms with Gasteiger partial charge in [0, 0.05) is 6.20 Å². The number of nitrogens with two attached hydrogens (primary N) is 1. The van der Waals surface area contributed by atoms with E-state index in [9.17, 15) is 4.79 Å². The van der Waals surface area contributed by atoms with Crippen LogP contribution in [-0.4, -0.2) is 11.0 Å². The molecular weight excluding hydrogens is 260 g/mol. The molecule has 0 saturated carbocycles. The zero-order valence-electron chi connectivity index (χ0n) is 8.72. The van der Waals surface area contributed by atoms with Gasteiger partial charge >= 0.3 is 5.97 Å². The van der Waals surface area contributed by atoms with E-state index in [0.29, 0.717) is 16.3 Å². The number of hydrogen-bond acceptors (Lipinski definition) is 5. The minimum Gasteiger partial charge on any atom is -0.456 e. The van der Waals surface area contributed by atoms with Crippen LogP contribution in [0.3, 0.4) is 0 Å². The summed E-state index contributed by atoms with van der Waals surface area (Å²) in [5, 5.41) is 0.345. The number of halogens is 1. The first kappa shape index (κ1) is 11.9. The average molecular weight is 269 g/mol. The maximum Gasteiger partial charge on any atom is 0.338 e. The van der Waals surface area contributed by atoms with Crippen LogP contribution in [0.1, 0.15) is 15.2 Å². The number of thiazole rings is 1. The van der Waals surface area contributed by atoms with Crippen LogP contribution in [0.4, 0.5) is 5.69 Å². The maximum absolute atomic E-state index is 11.7. The van der Waals surface area contributed by atoms with Crippen LogP contribution < -0.4 is 5.73 Å². The molecule has 6 heteroatoms. The van der Waals surface area contributed by atoms with Gasteiger partial charge in [0.25, 0.3) is 0 Å². The third-order valence-corrected chi connectivity index (χ3v) is 3.15. The Kier molecular flexibility index (Phi) is 3.61. The molecule has 4 nitrogen and oxygen atoms in total. The second-order valence-corrected chi connectivity index (χ2v) is 4.66. The average Bonchev–Trinajstić information content (AvgIpc) is 2.82. The van der Waals surface area contributed by atoms with E-state index in [-0.39, 0.29) is 6.61 Å². The van der Waals surface area contributed by atoms with Crippen molar-refractivity contribution in [2.45, 2.75) is 6.61 Å². The lowest BCUT2D eigenvalue weighted by atomic mass is 10.2. The Morgan fingerprint density at radius 2 is 2.35 bits per heavy atom. The summed E-state index contributed by atoms with van der Waals surface area (Å²) in [5.41, 5.74) is 8.05. The molecule has 1 heterocycles. The van der Waals surface area contributed by atoms with Crippen molar-refractivity contribution in [1.29, 1.82) is 0 Å². The van der Waals surface area contributed by atoms with Gasteiger partial charge < -0.3 is 10.5 Å². The molecule has 88 valence electrons. The lowest BCUT2D eigenvalue weighted by Crippen LogP contribution is -2.05. The molecule has 0 amide bonds. The smallest absolute Gasteiger partial charge is 0.338 e. The first-order valence-corrected chi connectivity index (χ1v) is 6.02. The lowest BCUT2D eigenvalue weighted by molar-refractivity contribution is 0.0476. The van der Waals surface area contributed by atoms with Crippen LogP contribution in [-0.2, 0) is 11.3 Å². The third-order valence-electron chi connectivity index (χ3n) is 2.07. The molecule has 0 aliphatic rings. The van der Waals surface area contributed by atoms with Gasteiger partial charge in [-0.05, 0) is 18.2 Å². The van der Waals surface area contributed by atoms with Gasteiger partial charge in [0.05, 0.1) is 26.7 Å². The molecule has 0 saturated heterocycles. The van der Waals surface area contributed by atoms with Gasteiger partial charge in [-0.3, -0.25) is 4.98 Å². The maximum atomic E-state index is 11.7. The minimum atomic E-state index is -0.430. The molecule has 0 fully saturated rings. The fourth-order valence-electron chi connectivity index (χ4n) is 1.19. The van der Waals surface area contributed by atoms with Gasteiger partial charge in [0.15, 0.2) is 0 Å². The molecule has 1 aromatic carbocycles. The van der Waals surface area contributed by atoms with Crippen LogP contribution in [0, 0.1) is 0 Å². The van der Waals surface area contributed by atoms with Crippen molar-refractivity contribution in [2.75, 3.05) is 5.73 Å². The molecule has 17 heavy (non-hydrogen) atoms. The van der Waals surface area contributed by atoms with Gasteiger partial charge in [-0.15, -0.1) is 11.3 Å². The molecule has 0 atom stereocenters. The van der Waals surface area contributed by atoms with Crippen molar-refractivity contribution < 1.29 is 9.53 Å². The number of carbonyl (C=O) groups excluding carboxylic acids is 1. The van der Waals surface area contributed by atoms with Gasteiger partial charge in [0.2, 0.25) is 0 Å². The normalized spacial score (nSPS) is 10.2. The SMILES string of the molecule is Nc1ccc(C(=O)OCc2cncs2)cc1Cl. The second-order valence-electron chi connectivity index (χ2n) is 3.28. The summed E-state index contributed by atoms with van der Waals surface area (Å²) in [7, 11) is 0. The largest absolute Gasteiger partial charge is 0.456 e. The predicted octanol–water partition coefficient (Wildman–Crippen LogP) is 2.74. The van der Waals surface area contributed by atoms with Crippen LogP contribution >= 0.6 is 22.9 Å². The number of anilines is 1. The topological polar surface area (TPSA) is 65.2 Å². The van der Waals surface area contributed by atoms with E-state index in [1.54, 1.807) is 23.8 Å². The molecule has 2 N–H and O–H groups in total. The Morgan fingerprint density at radius 3 is 3.00 bits per heavy atom. The highest BCUT2D eigenvalue weighted by atomic mass is 35.5. The zero-order valence-corrected chi connectivity index (χ0v) is 10.3. The first-order valence-electron chi connectivity index (χ1n) is 4.76. The number of aromatic nitrogens is 1. The van der Waals surface area contributed by atoms with Gasteiger partial charge in [0.1, 0.15) is 6.61 Å². The Hall–Kier alpha value is -1.59. The molecule has 0 radical (unpaired) electrons. The van der Waals surface area contributed by atoms with E-state index in [1.165, 1.54) is 17.4 Å². The van der Waals surface area contributed by atoms with Crippen LogP contribution in [0.2, 0.25) is 5.02 Å². The minimum absolute atomic E-state index is 0.214. The zero-order chi connectivity index (χ0) is 12.3. The molecule has 0 aliphatic carbocycles. The van der Waals surface area contributed by atoms with Crippen LogP contribution in [0.5, 0.6) is 0 Å². The lowest BCUT2D eigenvalue weighted by Gasteiger charge is -2.04. The summed E-state index contributed by atoms with van der Waals surface area (Å²) >= 11 is 7.25. The van der Waals surface area contributed by atoms with E-state index < -0.39 is 5.97 Å². The first-order chi connectivity index (χ1) is 8.16. The van der Waals surface area contributed by atoms with Crippen molar-refractivity contribution in [2.24, 2.45) is 0 Å². The van der Waals surface area contributed by atoms with E-state index in [2.05, 4.69) is 4.98 Å². The van der Waals surface area contributed by atoms with E-state index in [1.807, 2.05) is 0 Å². The van der Waals surface area contributed by atoms with Crippen molar-refractivity contribution >= 4 is 34.6 Å². The number of ether oxygens (including phenoxy) is 1. The number of esters is 1. The summed E-state index contributed by atoms with van der Waals surface area (Å²) in [6.07, 6.45) is 1.66. The molecule has 0 unspecified atom stereocenters. The fraction of sp³-hybridized carbons (Fsp3) is 0.0909. The Balaban J connectivity index is 2.02. The summed E-state index contributed by atoms with van der Waals surface area (Å²) in [4.78, 5) is 16.4. The number of hydrogen-bond donors (Lipinski definition) is 1. The molecule has 1 aromatic heterocycles. The Morgan fingerprint density at radius 1 is 1.53 bits per heavy atom. The molecule has 2 rings (SSSR count). The standard InChI is InChI=1S/C11H9ClN2O2S/c12-9-3-7(1-2-10(9)13)11(15)16-5-8-4-14-6-17-8/h1-4,6H,5,13H2. The monoisotopic (exact) mass is 268 g/mol. The van der Waals surface area contributed by atoms with Crippen molar-refractivity contribution in [3.63, 3.8) is 0 Å². The number of nitrogen functional groups attached to an aromatic ring is 1. The number of nitrogens with zero attached hydrogens (tertiary/aromatic N) is 1. The highest BCUT2D eigenvalue weighted by molar-refractivity contribution is 7.09. The summed E-state index contributed by atoms with van der Waals surface area (Å²) in [5.74, 6) is -0.430. The summed E-state index contributed by atoms with van der Waals surface area (Å²) in [6, 6.07) is 4.65. The predicted molar refractivity (Wildman–Crippen MR) is 67.1 cm³/mol. The molecule has 0 aliphatic heterocycles. The van der Waals surface area contributed by atoms with Crippen LogP contribution in [0.25, 0.3) is 0 Å². The third kappa shape index (κ3) is 2.95. The highest BCUT2D eigenvalue weighted by Gasteiger charge is 2.09. The van der Waals surface area contributed by atoms with Crippen molar-refractivity contribution in [3.05, 3.63) is 45.4 Å². The molecule has 0 spiro atoms. The van der Waals surface area contributed by atoms with Crippen LogP contribution in [0.15, 0.2) is 29.9 Å². The van der Waals surface area contributed by atoms with E-state index in [4.69, 9.17) is 22.1 Å². The Labute approximate surface area is 107 Å². The molecule has 2 aromatic rings. The van der Waals surface area contributed by atoms with Gasteiger partial charge in [-0.2, -0.15) is 0 Å². The fourth-order valence-corrected chi connectivity index (χ4v) is 1.87. The van der Waals surface area contributed by atoms with E-state index >= 15 is 0 Å². The second kappa shape index (κ2) is 5.16. The Bertz CT molecular complexity index is 528. The van der Waals surface area contributed by atoms with Crippen molar-refractivity contribution in [1.82, 2.24) is 4.98 Å². The number of benzene rings is 1.